The maximum Gasteiger partial charge on any atom is 0.268 e. The molecule has 3 rings (SSSR count). The lowest BCUT2D eigenvalue weighted by Crippen LogP contribution is -2.63. The fraction of sp³-hybridized carbons (Fsp3) is 0.375. The molecule has 0 unspecified atom stereocenters. The average molecular weight is 344 g/mol. The SMILES string of the molecule is NC(=O)[C@]1(C(=O)[C@H](Cc2cnc[nH]2)NC(=O)c2ccc[nH]2)CCCN1. The lowest BCUT2D eigenvalue weighted by Gasteiger charge is -2.29. The monoisotopic (exact) mass is 344 g/mol. The van der Waals surface area contributed by atoms with E-state index in [9.17, 15) is 14.4 Å². The van der Waals surface area contributed by atoms with Crippen LogP contribution in [0, 0.1) is 0 Å². The fourth-order valence-corrected chi connectivity index (χ4v) is 3.12. The number of carbonyl (C=O) groups excluding carboxylic acids is 3. The standard InChI is InChI=1S/C16H20N6O3/c17-15(25)16(4-2-6-21-16)13(23)12(7-10-8-18-9-20-10)22-14(24)11-3-1-5-19-11/h1,3,5,8-9,12,19,21H,2,4,6-7H2,(H2,17,25)(H,18,20)(H,22,24)/t12-,16+/m0/s1. The molecule has 0 saturated carbocycles. The molecule has 9 nitrogen and oxygen atoms in total. The van der Waals surface area contributed by atoms with Crippen LogP contribution in [0.2, 0.25) is 0 Å². The van der Waals surface area contributed by atoms with Gasteiger partial charge in [0.2, 0.25) is 5.91 Å². The molecule has 3 heterocycles. The van der Waals surface area contributed by atoms with Gasteiger partial charge in [0.05, 0.1) is 12.4 Å². The molecule has 1 fully saturated rings. The summed E-state index contributed by atoms with van der Waals surface area (Å²) in [5, 5.41) is 5.63. The predicted octanol–water partition coefficient (Wildman–Crippen LogP) is -0.744. The van der Waals surface area contributed by atoms with Gasteiger partial charge in [-0.15, -0.1) is 0 Å². The number of aromatic nitrogens is 3. The summed E-state index contributed by atoms with van der Waals surface area (Å²) in [5.41, 5.74) is 5.06. The number of Topliss-reactive ketones (excluding diaryl/α,β-unsaturated/α-hetero) is 1. The quantitative estimate of drug-likeness (QED) is 0.420. The van der Waals surface area contributed by atoms with Crippen LogP contribution in [0.3, 0.4) is 0 Å². The third kappa shape index (κ3) is 3.31. The minimum atomic E-state index is -1.45. The topological polar surface area (TPSA) is 146 Å². The Hall–Kier alpha value is -2.94. The van der Waals surface area contributed by atoms with Gasteiger partial charge in [0.25, 0.3) is 5.91 Å². The Bertz CT molecular complexity index is 747. The zero-order chi connectivity index (χ0) is 17.9. The van der Waals surface area contributed by atoms with Crippen molar-refractivity contribution in [1.29, 1.82) is 0 Å². The lowest BCUT2D eigenvalue weighted by molar-refractivity contribution is -0.136. The second-order valence-corrected chi connectivity index (χ2v) is 6.05. The number of hydrogen-bond acceptors (Lipinski definition) is 5. The number of aromatic amines is 2. The van der Waals surface area contributed by atoms with Crippen molar-refractivity contribution in [3.63, 3.8) is 0 Å². The normalized spacial score (nSPS) is 21.0. The Labute approximate surface area is 143 Å². The highest BCUT2D eigenvalue weighted by Gasteiger charge is 2.49. The first-order chi connectivity index (χ1) is 12.0. The molecule has 1 aliphatic heterocycles. The van der Waals surface area contributed by atoms with Gasteiger partial charge in [-0.25, -0.2) is 4.98 Å². The van der Waals surface area contributed by atoms with E-state index in [0.717, 1.165) is 0 Å². The van der Waals surface area contributed by atoms with Gasteiger partial charge in [0.15, 0.2) is 11.3 Å². The summed E-state index contributed by atoms with van der Waals surface area (Å²) >= 11 is 0. The van der Waals surface area contributed by atoms with Crippen molar-refractivity contribution in [2.24, 2.45) is 5.73 Å². The van der Waals surface area contributed by atoms with Crippen LogP contribution < -0.4 is 16.4 Å². The summed E-state index contributed by atoms with van der Waals surface area (Å²) in [7, 11) is 0. The smallest absolute Gasteiger partial charge is 0.268 e. The van der Waals surface area contributed by atoms with Gasteiger partial charge in [-0.3, -0.25) is 19.7 Å². The Morgan fingerprint density at radius 2 is 2.20 bits per heavy atom. The van der Waals surface area contributed by atoms with Crippen molar-refractivity contribution < 1.29 is 14.4 Å². The summed E-state index contributed by atoms with van der Waals surface area (Å²) in [4.78, 5) is 47.1. The first-order valence-electron chi connectivity index (χ1n) is 8.04. The van der Waals surface area contributed by atoms with Crippen LogP contribution in [0.25, 0.3) is 0 Å². The molecule has 1 aliphatic rings. The number of primary amides is 1. The molecule has 2 amide bonds. The van der Waals surface area contributed by atoms with Crippen molar-refractivity contribution in [2.75, 3.05) is 6.54 Å². The number of hydrogen-bond donors (Lipinski definition) is 5. The van der Waals surface area contributed by atoms with Crippen molar-refractivity contribution in [3.05, 3.63) is 42.2 Å². The van der Waals surface area contributed by atoms with E-state index >= 15 is 0 Å². The molecule has 2 aromatic heterocycles. The largest absolute Gasteiger partial charge is 0.368 e. The zero-order valence-electron chi connectivity index (χ0n) is 13.5. The number of imidazole rings is 1. The third-order valence-electron chi connectivity index (χ3n) is 4.44. The maximum absolute atomic E-state index is 13.1. The van der Waals surface area contributed by atoms with Crippen LogP contribution >= 0.6 is 0 Å². The van der Waals surface area contributed by atoms with Gasteiger partial charge in [0.1, 0.15) is 5.69 Å². The van der Waals surface area contributed by atoms with E-state index in [0.29, 0.717) is 30.8 Å². The van der Waals surface area contributed by atoms with E-state index in [-0.39, 0.29) is 6.42 Å². The van der Waals surface area contributed by atoms with Gasteiger partial charge >= 0.3 is 0 Å². The molecule has 132 valence electrons. The van der Waals surface area contributed by atoms with Crippen molar-refractivity contribution >= 4 is 17.6 Å². The zero-order valence-corrected chi connectivity index (χ0v) is 13.5. The van der Waals surface area contributed by atoms with Crippen LogP contribution in [0.15, 0.2) is 30.9 Å². The van der Waals surface area contributed by atoms with Gasteiger partial charge < -0.3 is 21.0 Å². The van der Waals surface area contributed by atoms with E-state index in [1.807, 2.05) is 0 Å². The number of nitrogens with one attached hydrogen (secondary N) is 4. The molecule has 25 heavy (non-hydrogen) atoms. The van der Waals surface area contributed by atoms with Crippen LogP contribution in [-0.4, -0.2) is 50.7 Å². The van der Waals surface area contributed by atoms with E-state index in [1.165, 1.54) is 6.33 Å². The van der Waals surface area contributed by atoms with Crippen LogP contribution in [-0.2, 0) is 16.0 Å². The summed E-state index contributed by atoms with van der Waals surface area (Å²) in [6, 6.07) is 2.36. The molecule has 9 heteroatoms. The molecule has 0 bridgehead atoms. The Kier molecular flexibility index (Phi) is 4.66. The van der Waals surface area contributed by atoms with E-state index in [1.54, 1.807) is 24.5 Å². The second-order valence-electron chi connectivity index (χ2n) is 6.05. The lowest BCUT2D eigenvalue weighted by atomic mass is 9.85. The summed E-state index contributed by atoms with van der Waals surface area (Å²) in [6.45, 7) is 0.524. The number of nitrogens with two attached hydrogens (primary N) is 1. The second kappa shape index (κ2) is 6.89. The highest BCUT2D eigenvalue weighted by atomic mass is 16.2. The highest BCUT2D eigenvalue weighted by molar-refractivity contribution is 6.13. The average Bonchev–Trinajstić information content (AvgIpc) is 3.34. The van der Waals surface area contributed by atoms with Gasteiger partial charge in [-0.05, 0) is 31.5 Å². The van der Waals surface area contributed by atoms with E-state index in [2.05, 4.69) is 25.6 Å². The molecule has 0 radical (unpaired) electrons. The highest BCUT2D eigenvalue weighted by Crippen LogP contribution is 2.23. The van der Waals surface area contributed by atoms with Crippen LogP contribution in [0.1, 0.15) is 29.0 Å². The first-order valence-corrected chi connectivity index (χ1v) is 8.04. The number of H-pyrrole nitrogens is 2. The molecule has 2 aromatic rings. The van der Waals surface area contributed by atoms with Crippen molar-refractivity contribution in [1.82, 2.24) is 25.6 Å². The fourth-order valence-electron chi connectivity index (χ4n) is 3.12. The molecule has 0 aromatic carbocycles. The molecule has 0 spiro atoms. The number of carbonyl (C=O) groups is 3. The van der Waals surface area contributed by atoms with E-state index in [4.69, 9.17) is 5.73 Å². The third-order valence-corrected chi connectivity index (χ3v) is 4.44. The van der Waals surface area contributed by atoms with Gasteiger partial charge in [0, 0.05) is 24.5 Å². The number of amides is 2. The van der Waals surface area contributed by atoms with Gasteiger partial charge in [-0.2, -0.15) is 0 Å². The minimum Gasteiger partial charge on any atom is -0.368 e. The summed E-state index contributed by atoms with van der Waals surface area (Å²) in [6.07, 6.45) is 5.84. The molecule has 1 saturated heterocycles. The number of rotatable bonds is 7. The summed E-state index contributed by atoms with van der Waals surface area (Å²) < 4.78 is 0. The van der Waals surface area contributed by atoms with Crippen LogP contribution in [0.5, 0.6) is 0 Å². The number of ketones is 1. The van der Waals surface area contributed by atoms with Crippen molar-refractivity contribution in [3.8, 4) is 0 Å². The first kappa shape index (κ1) is 16.9. The molecule has 0 aliphatic carbocycles. The molecular formula is C16H20N6O3. The van der Waals surface area contributed by atoms with Gasteiger partial charge in [-0.1, -0.05) is 0 Å². The molecule has 6 N–H and O–H groups in total. The van der Waals surface area contributed by atoms with Crippen molar-refractivity contribution in [2.45, 2.75) is 30.8 Å². The maximum atomic E-state index is 13.1. The Balaban J connectivity index is 1.86. The van der Waals surface area contributed by atoms with Crippen LogP contribution in [0.4, 0.5) is 0 Å². The number of nitrogens with zero attached hydrogens (tertiary/aromatic N) is 1. The molecular weight excluding hydrogens is 324 g/mol. The predicted molar refractivity (Wildman–Crippen MR) is 88.5 cm³/mol. The Morgan fingerprint density at radius 3 is 2.76 bits per heavy atom. The summed E-state index contributed by atoms with van der Waals surface area (Å²) in [5.74, 6) is -1.59. The van der Waals surface area contributed by atoms with E-state index < -0.39 is 29.2 Å². The minimum absolute atomic E-state index is 0.183. The molecule has 2 atom stereocenters. The Morgan fingerprint density at radius 1 is 1.36 bits per heavy atom.